The third kappa shape index (κ3) is 4.46. The number of carbonyl (C=O) groups excluding carboxylic acids is 1. The van der Waals surface area contributed by atoms with Crippen LogP contribution < -0.4 is 0 Å². The summed E-state index contributed by atoms with van der Waals surface area (Å²) in [7, 11) is 0. The molecule has 0 saturated heterocycles. The normalized spacial score (nSPS) is 11.1. The van der Waals surface area contributed by atoms with Crippen molar-refractivity contribution in [3.8, 4) is 0 Å². The van der Waals surface area contributed by atoms with Crippen molar-refractivity contribution in [2.24, 2.45) is 0 Å². The Morgan fingerprint density at radius 1 is 0.963 bits per heavy atom. The van der Waals surface area contributed by atoms with Gasteiger partial charge in [-0.15, -0.1) is 11.3 Å². The zero-order valence-corrected chi connectivity index (χ0v) is 15.7. The van der Waals surface area contributed by atoms with Crippen molar-refractivity contribution < 1.29 is 13.6 Å². The van der Waals surface area contributed by atoms with Gasteiger partial charge in [0.25, 0.3) is 0 Å². The number of fused-ring (bicyclic) bond motifs is 1. The van der Waals surface area contributed by atoms with E-state index in [9.17, 15) is 4.79 Å². The Balaban J connectivity index is 1.36. The quantitative estimate of drug-likeness (QED) is 0.430. The molecular weight excluding hydrogens is 360 g/mol. The molecule has 0 fully saturated rings. The third-order valence-corrected chi connectivity index (χ3v) is 5.42. The number of rotatable bonds is 8. The Morgan fingerprint density at radius 2 is 1.67 bits per heavy atom. The molecule has 0 aliphatic rings. The molecule has 5 nitrogen and oxygen atoms in total. The van der Waals surface area contributed by atoms with Crippen LogP contribution in [0.3, 0.4) is 0 Å². The summed E-state index contributed by atoms with van der Waals surface area (Å²) in [6.07, 6.45) is 5.29. The van der Waals surface area contributed by atoms with Crippen molar-refractivity contribution in [3.63, 3.8) is 0 Å². The number of para-hydroxylation sites is 1. The molecule has 0 N–H and O–H groups in total. The van der Waals surface area contributed by atoms with E-state index in [2.05, 4.69) is 11.1 Å². The number of nitrogens with zero attached hydrogens (tertiary/aromatic N) is 2. The van der Waals surface area contributed by atoms with Crippen molar-refractivity contribution in [1.82, 2.24) is 9.88 Å². The first-order valence-electron chi connectivity index (χ1n) is 8.95. The Kier molecular flexibility index (Phi) is 5.34. The van der Waals surface area contributed by atoms with Crippen LogP contribution in [0, 0.1) is 0 Å². The standard InChI is InChI=1S/C21H20N2O3S/c24-21(11-3-10-20-22-18-8-1-2-9-19(18)27-20)23(14-16-6-4-12-25-16)15-17-7-5-13-26-17/h1-2,4-9,12-13H,3,10-11,14-15H2. The number of aryl methyl sites for hydroxylation is 1. The molecule has 4 aromatic rings. The highest BCUT2D eigenvalue weighted by Gasteiger charge is 2.17. The number of aromatic nitrogens is 1. The fraction of sp³-hybridized carbons (Fsp3) is 0.238. The predicted octanol–water partition coefficient (Wildman–Crippen LogP) is 5.03. The van der Waals surface area contributed by atoms with E-state index in [-0.39, 0.29) is 5.91 Å². The van der Waals surface area contributed by atoms with Crippen molar-refractivity contribution in [1.29, 1.82) is 0 Å². The summed E-state index contributed by atoms with van der Waals surface area (Å²) in [5.41, 5.74) is 1.03. The summed E-state index contributed by atoms with van der Waals surface area (Å²) < 4.78 is 12.0. The van der Waals surface area contributed by atoms with Crippen molar-refractivity contribution in [3.05, 3.63) is 77.6 Å². The maximum absolute atomic E-state index is 12.8. The minimum Gasteiger partial charge on any atom is -0.467 e. The lowest BCUT2D eigenvalue weighted by molar-refractivity contribution is -0.133. The molecular formula is C21H20N2O3S. The van der Waals surface area contributed by atoms with Crippen LogP contribution in [0.25, 0.3) is 10.2 Å². The molecule has 0 radical (unpaired) electrons. The number of furan rings is 2. The minimum absolute atomic E-state index is 0.0870. The van der Waals surface area contributed by atoms with E-state index in [0.717, 1.165) is 34.9 Å². The lowest BCUT2D eigenvalue weighted by atomic mass is 10.2. The molecule has 0 unspecified atom stereocenters. The van der Waals surface area contributed by atoms with E-state index in [1.54, 1.807) is 28.8 Å². The summed E-state index contributed by atoms with van der Waals surface area (Å²) in [6.45, 7) is 0.876. The largest absolute Gasteiger partial charge is 0.467 e. The molecule has 3 heterocycles. The summed E-state index contributed by atoms with van der Waals surface area (Å²) in [5, 5.41) is 1.08. The zero-order valence-electron chi connectivity index (χ0n) is 14.8. The maximum Gasteiger partial charge on any atom is 0.223 e. The molecule has 0 aliphatic carbocycles. The molecule has 0 atom stereocenters. The number of benzene rings is 1. The molecule has 138 valence electrons. The van der Waals surface area contributed by atoms with Gasteiger partial charge in [0.2, 0.25) is 5.91 Å². The van der Waals surface area contributed by atoms with Crippen LogP contribution in [-0.4, -0.2) is 15.8 Å². The molecule has 4 rings (SSSR count). The molecule has 27 heavy (non-hydrogen) atoms. The van der Waals surface area contributed by atoms with Crippen LogP contribution in [0.1, 0.15) is 29.4 Å². The topological polar surface area (TPSA) is 59.5 Å². The summed E-state index contributed by atoms with van der Waals surface area (Å²) in [4.78, 5) is 19.2. The molecule has 1 amide bonds. The first-order chi connectivity index (χ1) is 13.3. The summed E-state index contributed by atoms with van der Waals surface area (Å²) in [6, 6.07) is 15.5. The van der Waals surface area contributed by atoms with Gasteiger partial charge in [-0.3, -0.25) is 4.79 Å². The highest BCUT2D eigenvalue weighted by atomic mass is 32.1. The number of amides is 1. The number of hydrogen-bond donors (Lipinski definition) is 0. The van der Waals surface area contributed by atoms with Crippen LogP contribution in [0.4, 0.5) is 0 Å². The van der Waals surface area contributed by atoms with E-state index >= 15 is 0 Å². The molecule has 0 aliphatic heterocycles. The predicted molar refractivity (Wildman–Crippen MR) is 104 cm³/mol. The van der Waals surface area contributed by atoms with Crippen LogP contribution in [0.5, 0.6) is 0 Å². The Labute approximate surface area is 161 Å². The second-order valence-electron chi connectivity index (χ2n) is 6.34. The number of thiazole rings is 1. The minimum atomic E-state index is 0.0870. The fourth-order valence-corrected chi connectivity index (χ4v) is 4.00. The molecule has 1 aromatic carbocycles. The Hall–Kier alpha value is -2.86. The molecule has 3 aromatic heterocycles. The first-order valence-corrected chi connectivity index (χ1v) is 9.76. The van der Waals surface area contributed by atoms with Crippen molar-refractivity contribution in [2.45, 2.75) is 32.4 Å². The van der Waals surface area contributed by atoms with E-state index in [0.29, 0.717) is 19.5 Å². The zero-order chi connectivity index (χ0) is 18.5. The first kappa shape index (κ1) is 17.5. The van der Waals surface area contributed by atoms with Gasteiger partial charge in [-0.25, -0.2) is 4.98 Å². The van der Waals surface area contributed by atoms with Crippen LogP contribution in [0.2, 0.25) is 0 Å². The van der Waals surface area contributed by atoms with Crippen molar-refractivity contribution >= 4 is 27.5 Å². The van der Waals surface area contributed by atoms with E-state index < -0.39 is 0 Å². The average molecular weight is 380 g/mol. The van der Waals surface area contributed by atoms with Gasteiger partial charge < -0.3 is 13.7 Å². The maximum atomic E-state index is 12.8. The summed E-state index contributed by atoms with van der Waals surface area (Å²) >= 11 is 1.70. The van der Waals surface area contributed by atoms with Gasteiger partial charge in [-0.1, -0.05) is 12.1 Å². The van der Waals surface area contributed by atoms with Gasteiger partial charge in [-0.2, -0.15) is 0 Å². The van der Waals surface area contributed by atoms with Crippen LogP contribution in [0.15, 0.2) is 69.9 Å². The Morgan fingerprint density at radius 3 is 2.30 bits per heavy atom. The highest BCUT2D eigenvalue weighted by molar-refractivity contribution is 7.18. The average Bonchev–Trinajstić information content (AvgIpc) is 3.42. The smallest absolute Gasteiger partial charge is 0.223 e. The van der Waals surface area contributed by atoms with E-state index in [1.807, 2.05) is 42.5 Å². The summed E-state index contributed by atoms with van der Waals surface area (Å²) in [5.74, 6) is 1.62. The van der Waals surface area contributed by atoms with Gasteiger partial charge in [0, 0.05) is 6.42 Å². The van der Waals surface area contributed by atoms with E-state index in [1.165, 1.54) is 4.70 Å². The molecule has 0 saturated carbocycles. The van der Waals surface area contributed by atoms with Crippen LogP contribution >= 0.6 is 11.3 Å². The van der Waals surface area contributed by atoms with Gasteiger partial charge >= 0.3 is 0 Å². The number of carbonyl (C=O) groups is 1. The lowest BCUT2D eigenvalue weighted by Crippen LogP contribution is -2.29. The lowest BCUT2D eigenvalue weighted by Gasteiger charge is -2.20. The van der Waals surface area contributed by atoms with Gasteiger partial charge in [0.05, 0.1) is 40.8 Å². The molecule has 6 heteroatoms. The third-order valence-electron chi connectivity index (χ3n) is 4.33. The highest BCUT2D eigenvalue weighted by Crippen LogP contribution is 2.23. The van der Waals surface area contributed by atoms with Crippen molar-refractivity contribution in [2.75, 3.05) is 0 Å². The van der Waals surface area contributed by atoms with Gasteiger partial charge in [0.1, 0.15) is 11.5 Å². The molecule has 0 bridgehead atoms. The Bertz CT molecular complexity index is 920. The SMILES string of the molecule is O=C(CCCc1nc2ccccc2s1)N(Cc1ccco1)Cc1ccco1. The van der Waals surface area contributed by atoms with Gasteiger partial charge in [0.15, 0.2) is 0 Å². The fourth-order valence-electron chi connectivity index (χ4n) is 2.99. The van der Waals surface area contributed by atoms with Crippen LogP contribution in [-0.2, 0) is 24.3 Å². The van der Waals surface area contributed by atoms with E-state index in [4.69, 9.17) is 8.83 Å². The molecule has 0 spiro atoms. The monoisotopic (exact) mass is 380 g/mol. The van der Waals surface area contributed by atoms with Gasteiger partial charge in [-0.05, 0) is 49.2 Å². The second-order valence-corrected chi connectivity index (χ2v) is 7.45. The second kappa shape index (κ2) is 8.22. The number of hydrogen-bond acceptors (Lipinski definition) is 5.